The zero-order chi connectivity index (χ0) is 33.1. The predicted octanol–water partition coefficient (Wildman–Crippen LogP) is 8.67. The average Bonchev–Trinajstić information content (AvgIpc) is 2.97. The standard InChI is InChI=1S/C9H10F3N.C9H13N.C8H10BrN.C8H9Cl2N/c10-9(11,12)8-4-2-1-3-7(8)5-6-13;1-7-4-3-5-9(6-7)8(2)10;9-8-4-2-1-3-7(8)5-6-10;9-7-2-1-6(3-4-11)5-8(7)10/h1-4H,5-6,13H2;3-6,8H,10H2,1-2H3;1-4H,5-6,10H2;1-2,5H,3-4,11H2. The number of hydrogen-bond donors (Lipinski definition) is 4. The normalized spacial score (nSPS) is 11.2. The molecule has 1 unspecified atom stereocenters. The zero-order valence-electron chi connectivity index (χ0n) is 25.1. The largest absolute Gasteiger partial charge is 0.416 e. The van der Waals surface area contributed by atoms with Gasteiger partial charge in [-0.05, 0) is 99.3 Å². The molecule has 10 heteroatoms. The highest BCUT2D eigenvalue weighted by Gasteiger charge is 2.32. The van der Waals surface area contributed by atoms with E-state index in [1.165, 1.54) is 28.8 Å². The van der Waals surface area contributed by atoms with Crippen LogP contribution in [-0.2, 0) is 25.4 Å². The Balaban J connectivity index is 0.000000295. The third-order valence-electron chi connectivity index (χ3n) is 6.09. The minimum Gasteiger partial charge on any atom is -0.330 e. The van der Waals surface area contributed by atoms with Crippen molar-refractivity contribution in [3.8, 4) is 0 Å². The van der Waals surface area contributed by atoms with Crippen molar-refractivity contribution >= 4 is 39.1 Å². The van der Waals surface area contributed by atoms with Gasteiger partial charge >= 0.3 is 6.18 Å². The number of benzene rings is 4. The fourth-order valence-electron chi connectivity index (χ4n) is 3.84. The highest BCUT2D eigenvalue weighted by Crippen LogP contribution is 2.31. The molecule has 4 rings (SSSR count). The molecule has 0 fully saturated rings. The van der Waals surface area contributed by atoms with Gasteiger partial charge in [0, 0.05) is 10.5 Å². The summed E-state index contributed by atoms with van der Waals surface area (Å²) in [6, 6.07) is 27.6. The number of rotatable bonds is 7. The molecule has 0 amide bonds. The molecule has 0 aliphatic heterocycles. The Hall–Kier alpha value is -2.43. The average molecular weight is 715 g/mol. The van der Waals surface area contributed by atoms with E-state index in [0.29, 0.717) is 23.1 Å². The molecule has 0 heterocycles. The third kappa shape index (κ3) is 15.5. The summed E-state index contributed by atoms with van der Waals surface area (Å²) in [4.78, 5) is 0. The number of aryl methyl sites for hydroxylation is 1. The molecule has 44 heavy (non-hydrogen) atoms. The lowest BCUT2D eigenvalue weighted by atomic mass is 10.0. The van der Waals surface area contributed by atoms with Crippen molar-refractivity contribution in [1.82, 2.24) is 0 Å². The van der Waals surface area contributed by atoms with Crippen LogP contribution in [0.2, 0.25) is 10.0 Å². The summed E-state index contributed by atoms with van der Waals surface area (Å²) >= 11 is 14.9. The van der Waals surface area contributed by atoms with Crippen molar-refractivity contribution < 1.29 is 13.2 Å². The molecule has 4 aromatic rings. The number of hydrogen-bond acceptors (Lipinski definition) is 4. The second-order valence-corrected chi connectivity index (χ2v) is 11.5. The Morgan fingerprint density at radius 1 is 0.705 bits per heavy atom. The lowest BCUT2D eigenvalue weighted by Gasteiger charge is -2.11. The van der Waals surface area contributed by atoms with Crippen molar-refractivity contribution in [1.29, 1.82) is 0 Å². The first-order valence-electron chi connectivity index (χ1n) is 14.1. The fraction of sp³-hybridized carbons (Fsp3) is 0.294. The summed E-state index contributed by atoms with van der Waals surface area (Å²) < 4.78 is 38.1. The van der Waals surface area contributed by atoms with E-state index in [4.69, 9.17) is 46.1 Å². The Bertz CT molecular complexity index is 1380. The van der Waals surface area contributed by atoms with Crippen LogP contribution in [0.1, 0.15) is 46.3 Å². The van der Waals surface area contributed by atoms with Crippen LogP contribution in [0.3, 0.4) is 0 Å². The highest BCUT2D eigenvalue weighted by molar-refractivity contribution is 9.10. The molecule has 0 saturated heterocycles. The molecule has 0 aromatic heterocycles. The van der Waals surface area contributed by atoms with Crippen molar-refractivity contribution in [2.75, 3.05) is 19.6 Å². The SMILES string of the molecule is Cc1cccc(C(C)N)c1.NCCc1ccc(Cl)c(Cl)c1.NCCc1ccccc1Br.NCCc1ccccc1C(F)(F)F. The first-order valence-corrected chi connectivity index (χ1v) is 15.6. The van der Waals surface area contributed by atoms with Gasteiger partial charge in [0.2, 0.25) is 0 Å². The van der Waals surface area contributed by atoms with Gasteiger partial charge in [-0.2, -0.15) is 13.2 Å². The Labute approximate surface area is 278 Å². The molecular weight excluding hydrogens is 672 g/mol. The number of nitrogens with two attached hydrogens (primary N) is 4. The third-order valence-corrected chi connectivity index (χ3v) is 7.61. The van der Waals surface area contributed by atoms with E-state index in [0.717, 1.165) is 28.9 Å². The number of halogens is 6. The maximum Gasteiger partial charge on any atom is 0.416 e. The summed E-state index contributed by atoms with van der Waals surface area (Å²) in [6.07, 6.45) is -2.22. The molecule has 0 bridgehead atoms. The van der Waals surface area contributed by atoms with Crippen LogP contribution in [0.4, 0.5) is 13.2 Å². The van der Waals surface area contributed by atoms with Gasteiger partial charge in [-0.25, -0.2) is 0 Å². The van der Waals surface area contributed by atoms with Gasteiger partial charge in [-0.1, -0.05) is 111 Å². The van der Waals surface area contributed by atoms with Crippen LogP contribution < -0.4 is 22.9 Å². The van der Waals surface area contributed by atoms with E-state index in [1.54, 1.807) is 12.1 Å². The van der Waals surface area contributed by atoms with Gasteiger partial charge in [0.15, 0.2) is 0 Å². The topological polar surface area (TPSA) is 104 Å². The Kier molecular flexibility index (Phi) is 19.2. The van der Waals surface area contributed by atoms with Gasteiger partial charge in [-0.15, -0.1) is 0 Å². The minimum absolute atomic E-state index is 0.153. The molecule has 4 nitrogen and oxygen atoms in total. The monoisotopic (exact) mass is 712 g/mol. The maximum absolute atomic E-state index is 12.3. The summed E-state index contributed by atoms with van der Waals surface area (Å²) in [7, 11) is 0. The fourth-order valence-corrected chi connectivity index (χ4v) is 4.65. The van der Waals surface area contributed by atoms with Crippen molar-refractivity contribution in [2.45, 2.75) is 45.3 Å². The van der Waals surface area contributed by atoms with Crippen LogP contribution in [0.5, 0.6) is 0 Å². The van der Waals surface area contributed by atoms with Crippen LogP contribution >= 0.6 is 39.1 Å². The van der Waals surface area contributed by atoms with Gasteiger partial charge < -0.3 is 22.9 Å². The second kappa shape index (κ2) is 21.3. The van der Waals surface area contributed by atoms with Gasteiger partial charge in [0.1, 0.15) is 0 Å². The van der Waals surface area contributed by atoms with E-state index >= 15 is 0 Å². The molecular formula is C34H42BrCl2F3N4. The smallest absolute Gasteiger partial charge is 0.330 e. The first kappa shape index (κ1) is 39.6. The molecule has 240 valence electrons. The molecule has 8 N–H and O–H groups in total. The molecule has 0 radical (unpaired) electrons. The summed E-state index contributed by atoms with van der Waals surface area (Å²) in [5, 5.41) is 1.19. The van der Waals surface area contributed by atoms with E-state index in [2.05, 4.69) is 47.1 Å². The number of alkyl halides is 3. The van der Waals surface area contributed by atoms with Gasteiger partial charge in [-0.3, -0.25) is 0 Å². The van der Waals surface area contributed by atoms with Crippen LogP contribution in [0.15, 0.2) is 95.5 Å². The maximum atomic E-state index is 12.3. The molecule has 1 atom stereocenters. The van der Waals surface area contributed by atoms with E-state index < -0.39 is 11.7 Å². The Morgan fingerprint density at radius 2 is 1.27 bits per heavy atom. The second-order valence-electron chi connectivity index (χ2n) is 9.81. The zero-order valence-corrected chi connectivity index (χ0v) is 28.2. The molecule has 0 saturated carbocycles. The van der Waals surface area contributed by atoms with E-state index in [1.807, 2.05) is 43.3 Å². The summed E-state index contributed by atoms with van der Waals surface area (Å²) in [6.45, 7) is 5.65. The van der Waals surface area contributed by atoms with Crippen LogP contribution in [0, 0.1) is 6.92 Å². The highest BCUT2D eigenvalue weighted by atomic mass is 79.9. The Morgan fingerprint density at radius 3 is 1.77 bits per heavy atom. The molecule has 4 aromatic carbocycles. The van der Waals surface area contributed by atoms with Gasteiger partial charge in [0.05, 0.1) is 15.6 Å². The van der Waals surface area contributed by atoms with E-state index in [-0.39, 0.29) is 24.6 Å². The molecule has 0 aliphatic carbocycles. The molecule has 0 spiro atoms. The van der Waals surface area contributed by atoms with Crippen molar-refractivity contribution in [3.05, 3.63) is 139 Å². The minimum atomic E-state index is -4.27. The van der Waals surface area contributed by atoms with Crippen molar-refractivity contribution in [2.24, 2.45) is 22.9 Å². The summed E-state index contributed by atoms with van der Waals surface area (Å²) in [5.74, 6) is 0. The lowest BCUT2D eigenvalue weighted by Crippen LogP contribution is -2.12. The first-order chi connectivity index (χ1) is 20.8. The van der Waals surface area contributed by atoms with Crippen LogP contribution in [0.25, 0.3) is 0 Å². The van der Waals surface area contributed by atoms with Crippen LogP contribution in [-0.4, -0.2) is 19.6 Å². The van der Waals surface area contributed by atoms with Crippen molar-refractivity contribution in [3.63, 3.8) is 0 Å². The molecule has 0 aliphatic rings. The lowest BCUT2D eigenvalue weighted by molar-refractivity contribution is -0.138. The predicted molar refractivity (Wildman–Crippen MR) is 184 cm³/mol. The quantitative estimate of drug-likeness (QED) is 0.154. The van der Waals surface area contributed by atoms with Gasteiger partial charge in [0.25, 0.3) is 0 Å². The summed E-state index contributed by atoms with van der Waals surface area (Å²) in [5.41, 5.74) is 26.2. The van der Waals surface area contributed by atoms with E-state index in [9.17, 15) is 13.2 Å².